The summed E-state index contributed by atoms with van der Waals surface area (Å²) in [6.45, 7) is 6.28. The lowest BCUT2D eigenvalue weighted by Gasteiger charge is -2.26. The van der Waals surface area contributed by atoms with E-state index in [1.165, 1.54) is 5.69 Å². The van der Waals surface area contributed by atoms with Crippen molar-refractivity contribution in [1.29, 1.82) is 0 Å². The molecule has 1 saturated heterocycles. The first kappa shape index (κ1) is 13.0. The Morgan fingerprint density at radius 2 is 2.33 bits per heavy atom. The van der Waals surface area contributed by atoms with Gasteiger partial charge in [-0.15, -0.1) is 0 Å². The van der Waals surface area contributed by atoms with Crippen LogP contribution >= 0.6 is 0 Å². The molecule has 21 heavy (non-hydrogen) atoms. The predicted octanol–water partition coefficient (Wildman–Crippen LogP) is 1.44. The number of fused-ring (bicyclic) bond motifs is 1. The second kappa shape index (κ2) is 5.23. The largest absolute Gasteiger partial charge is 0.368 e. The topological polar surface area (TPSA) is 69.2 Å². The fourth-order valence-corrected chi connectivity index (χ4v) is 3.03. The molecule has 112 valence electrons. The quantitative estimate of drug-likeness (QED) is 0.851. The number of nitrogens with zero attached hydrogens (tertiary/aromatic N) is 5. The van der Waals surface area contributed by atoms with Crippen LogP contribution < -0.4 is 0 Å². The third-order valence-electron chi connectivity index (χ3n) is 4.05. The molecule has 4 rings (SSSR count). The predicted molar refractivity (Wildman–Crippen MR) is 73.3 cm³/mol. The summed E-state index contributed by atoms with van der Waals surface area (Å²) >= 11 is 0. The van der Waals surface area contributed by atoms with Crippen molar-refractivity contribution < 1.29 is 9.26 Å². The number of ether oxygens (including phenoxy) is 1. The molecule has 1 unspecified atom stereocenters. The van der Waals surface area contributed by atoms with E-state index in [2.05, 4.69) is 30.9 Å². The Labute approximate surface area is 122 Å². The van der Waals surface area contributed by atoms with Gasteiger partial charge in [0.15, 0.2) is 5.82 Å². The third-order valence-corrected chi connectivity index (χ3v) is 4.05. The van der Waals surface area contributed by atoms with Gasteiger partial charge in [-0.25, -0.2) is 0 Å². The van der Waals surface area contributed by atoms with E-state index >= 15 is 0 Å². The molecule has 0 amide bonds. The number of hydrogen-bond acceptors (Lipinski definition) is 6. The zero-order valence-electron chi connectivity index (χ0n) is 12.2. The van der Waals surface area contributed by atoms with Crippen molar-refractivity contribution in [2.75, 3.05) is 13.2 Å². The molecule has 0 N–H and O–H groups in total. The first-order valence-corrected chi connectivity index (χ1v) is 7.48. The van der Waals surface area contributed by atoms with Crippen LogP contribution in [0.2, 0.25) is 0 Å². The van der Waals surface area contributed by atoms with Crippen LogP contribution in [0.1, 0.15) is 42.0 Å². The summed E-state index contributed by atoms with van der Waals surface area (Å²) < 4.78 is 13.0. The molecular formula is C14H19N5O2. The number of aryl methyl sites for hydroxylation is 1. The van der Waals surface area contributed by atoms with Gasteiger partial charge in [0.2, 0.25) is 0 Å². The standard InChI is InChI=1S/C14H19N5O2/c1-10-7-11-8-18(4-5-19(11)16-10)9-13-15-14(21-17-13)12-3-2-6-20-12/h7,12H,2-6,8-9H2,1H3. The van der Waals surface area contributed by atoms with Gasteiger partial charge >= 0.3 is 0 Å². The van der Waals surface area contributed by atoms with Crippen molar-refractivity contribution in [2.45, 2.75) is 45.5 Å². The highest BCUT2D eigenvalue weighted by molar-refractivity contribution is 5.10. The average Bonchev–Trinajstić information content (AvgIpc) is 3.16. The van der Waals surface area contributed by atoms with Crippen molar-refractivity contribution in [3.05, 3.63) is 29.2 Å². The summed E-state index contributed by atoms with van der Waals surface area (Å²) in [4.78, 5) is 6.80. The number of rotatable bonds is 3. The van der Waals surface area contributed by atoms with Crippen LogP contribution in [0.3, 0.4) is 0 Å². The van der Waals surface area contributed by atoms with Crippen LogP contribution in [0.15, 0.2) is 10.6 Å². The Hall–Kier alpha value is -1.73. The van der Waals surface area contributed by atoms with Crippen LogP contribution in [0.5, 0.6) is 0 Å². The van der Waals surface area contributed by atoms with E-state index in [4.69, 9.17) is 9.26 Å². The third kappa shape index (κ3) is 2.58. The van der Waals surface area contributed by atoms with Crippen LogP contribution in [0.25, 0.3) is 0 Å². The summed E-state index contributed by atoms with van der Waals surface area (Å²) in [5.41, 5.74) is 2.33. The summed E-state index contributed by atoms with van der Waals surface area (Å²) in [6, 6.07) is 2.14. The zero-order valence-corrected chi connectivity index (χ0v) is 12.2. The molecule has 2 aromatic heterocycles. The van der Waals surface area contributed by atoms with Gasteiger partial charge in [0.1, 0.15) is 6.10 Å². The minimum Gasteiger partial charge on any atom is -0.368 e. The molecule has 0 aliphatic carbocycles. The lowest BCUT2D eigenvalue weighted by atomic mass is 10.2. The second-order valence-corrected chi connectivity index (χ2v) is 5.76. The minimum absolute atomic E-state index is 0.00307. The first-order valence-electron chi connectivity index (χ1n) is 7.48. The van der Waals surface area contributed by atoms with Crippen LogP contribution in [0, 0.1) is 6.92 Å². The highest BCUT2D eigenvalue weighted by atomic mass is 16.5. The molecule has 7 nitrogen and oxygen atoms in total. The average molecular weight is 289 g/mol. The van der Waals surface area contributed by atoms with Crippen molar-refractivity contribution in [3.63, 3.8) is 0 Å². The van der Waals surface area contributed by atoms with Gasteiger partial charge in [-0.05, 0) is 25.8 Å². The highest BCUT2D eigenvalue weighted by Crippen LogP contribution is 2.27. The zero-order chi connectivity index (χ0) is 14.2. The van der Waals surface area contributed by atoms with E-state index in [1.54, 1.807) is 0 Å². The second-order valence-electron chi connectivity index (χ2n) is 5.76. The molecule has 0 radical (unpaired) electrons. The monoisotopic (exact) mass is 289 g/mol. The van der Waals surface area contributed by atoms with E-state index < -0.39 is 0 Å². The molecule has 0 spiro atoms. The van der Waals surface area contributed by atoms with Crippen molar-refractivity contribution in [2.24, 2.45) is 0 Å². The van der Waals surface area contributed by atoms with E-state index in [0.29, 0.717) is 12.4 Å². The van der Waals surface area contributed by atoms with Gasteiger partial charge in [0.05, 0.1) is 24.5 Å². The smallest absolute Gasteiger partial charge is 0.255 e. The Morgan fingerprint density at radius 3 is 3.19 bits per heavy atom. The maximum absolute atomic E-state index is 5.57. The SMILES string of the molecule is Cc1cc2n(n1)CCN(Cc1noc(C3CCCO3)n1)C2. The lowest BCUT2D eigenvalue weighted by Crippen LogP contribution is -2.33. The molecule has 0 aromatic carbocycles. The van der Waals surface area contributed by atoms with E-state index in [9.17, 15) is 0 Å². The molecular weight excluding hydrogens is 270 g/mol. The van der Waals surface area contributed by atoms with E-state index in [1.807, 2.05) is 6.92 Å². The van der Waals surface area contributed by atoms with Crippen molar-refractivity contribution in [1.82, 2.24) is 24.8 Å². The summed E-state index contributed by atoms with van der Waals surface area (Å²) in [7, 11) is 0. The molecule has 2 aromatic rings. The summed E-state index contributed by atoms with van der Waals surface area (Å²) in [5, 5.41) is 8.56. The summed E-state index contributed by atoms with van der Waals surface area (Å²) in [5.74, 6) is 1.37. The molecule has 1 atom stereocenters. The number of hydrogen-bond donors (Lipinski definition) is 0. The molecule has 2 aliphatic heterocycles. The molecule has 4 heterocycles. The summed E-state index contributed by atoms with van der Waals surface area (Å²) in [6.07, 6.45) is 2.04. The highest BCUT2D eigenvalue weighted by Gasteiger charge is 2.25. The van der Waals surface area contributed by atoms with E-state index in [0.717, 1.165) is 50.6 Å². The number of aromatic nitrogens is 4. The molecule has 0 saturated carbocycles. The molecule has 0 bridgehead atoms. The van der Waals surface area contributed by atoms with Crippen molar-refractivity contribution >= 4 is 0 Å². The maximum Gasteiger partial charge on any atom is 0.255 e. The Balaban J connectivity index is 1.42. The van der Waals surface area contributed by atoms with Gasteiger partial charge in [0, 0.05) is 19.7 Å². The Kier molecular flexibility index (Phi) is 3.23. The molecule has 7 heteroatoms. The Morgan fingerprint density at radius 1 is 1.38 bits per heavy atom. The first-order chi connectivity index (χ1) is 10.3. The fraction of sp³-hybridized carbons (Fsp3) is 0.643. The molecule has 1 fully saturated rings. The minimum atomic E-state index is -0.00307. The normalized spacial score (nSPS) is 22.6. The Bertz CT molecular complexity index is 629. The fourth-order valence-electron chi connectivity index (χ4n) is 3.03. The van der Waals surface area contributed by atoms with Crippen LogP contribution in [0.4, 0.5) is 0 Å². The molecule has 2 aliphatic rings. The van der Waals surface area contributed by atoms with Gasteiger partial charge in [-0.1, -0.05) is 5.16 Å². The maximum atomic E-state index is 5.57. The van der Waals surface area contributed by atoms with Crippen LogP contribution in [-0.4, -0.2) is 38.0 Å². The van der Waals surface area contributed by atoms with Gasteiger partial charge in [-0.2, -0.15) is 10.1 Å². The van der Waals surface area contributed by atoms with Gasteiger partial charge in [0.25, 0.3) is 5.89 Å². The van der Waals surface area contributed by atoms with Crippen molar-refractivity contribution in [3.8, 4) is 0 Å². The van der Waals surface area contributed by atoms with E-state index in [-0.39, 0.29) is 6.10 Å². The van der Waals surface area contributed by atoms with Gasteiger partial charge < -0.3 is 9.26 Å². The lowest BCUT2D eigenvalue weighted by molar-refractivity contribution is 0.0835. The van der Waals surface area contributed by atoms with Crippen LogP contribution in [-0.2, 0) is 24.4 Å². The van der Waals surface area contributed by atoms with Gasteiger partial charge in [-0.3, -0.25) is 9.58 Å².